The molecular formula is C10H22BNO2. The maximum Gasteiger partial charge on any atom is 0.212 e. The Morgan fingerprint density at radius 1 is 1.43 bits per heavy atom. The summed E-state index contributed by atoms with van der Waals surface area (Å²) in [6.45, 7) is 7.64. The average molecular weight is 199 g/mol. The van der Waals surface area contributed by atoms with E-state index in [0.29, 0.717) is 12.4 Å². The van der Waals surface area contributed by atoms with E-state index in [1.807, 2.05) is 20.7 Å². The molecule has 3 nitrogen and oxygen atoms in total. The number of hydrogen-bond donors (Lipinski definition) is 1. The molecular weight excluding hydrogens is 177 g/mol. The standard InChI is InChI=1S/C10H22BNO2/c1-9(2)14-7-5-4-6-12-10(13)8-11-3/h9,11H,4-8H2,1-3H3,(H,12,13). The van der Waals surface area contributed by atoms with E-state index in [0.717, 1.165) is 33.3 Å². The lowest BCUT2D eigenvalue weighted by atomic mass is 9.78. The van der Waals surface area contributed by atoms with Crippen molar-refractivity contribution in [3.05, 3.63) is 0 Å². The molecule has 0 saturated heterocycles. The first kappa shape index (κ1) is 13.5. The number of amides is 1. The summed E-state index contributed by atoms with van der Waals surface area (Å²) in [5.41, 5.74) is 0. The van der Waals surface area contributed by atoms with Gasteiger partial charge in [-0.05, 0) is 26.7 Å². The number of nitrogens with one attached hydrogen (secondary N) is 1. The van der Waals surface area contributed by atoms with Gasteiger partial charge in [0.25, 0.3) is 0 Å². The summed E-state index contributed by atoms with van der Waals surface area (Å²) in [7, 11) is 0.919. The highest BCUT2D eigenvalue weighted by molar-refractivity contribution is 6.39. The maximum absolute atomic E-state index is 11.0. The van der Waals surface area contributed by atoms with Crippen LogP contribution in [0.3, 0.4) is 0 Å². The summed E-state index contributed by atoms with van der Waals surface area (Å²) in [4.78, 5) is 11.0. The van der Waals surface area contributed by atoms with Crippen LogP contribution in [0.15, 0.2) is 0 Å². The molecule has 0 unspecified atom stereocenters. The molecule has 0 heterocycles. The molecule has 0 aliphatic rings. The first-order valence-corrected chi connectivity index (χ1v) is 5.55. The Bertz CT molecular complexity index is 151. The Hall–Kier alpha value is -0.505. The Morgan fingerprint density at radius 3 is 2.71 bits per heavy atom. The van der Waals surface area contributed by atoms with Crippen LogP contribution in [0.5, 0.6) is 0 Å². The maximum atomic E-state index is 11.0. The fourth-order valence-corrected chi connectivity index (χ4v) is 1.09. The first-order valence-electron chi connectivity index (χ1n) is 5.55. The van der Waals surface area contributed by atoms with Gasteiger partial charge in [-0.3, -0.25) is 4.79 Å². The Morgan fingerprint density at radius 2 is 2.14 bits per heavy atom. The van der Waals surface area contributed by atoms with Crippen LogP contribution in [0.1, 0.15) is 26.7 Å². The van der Waals surface area contributed by atoms with E-state index in [1.165, 1.54) is 0 Å². The zero-order valence-electron chi connectivity index (χ0n) is 9.64. The second kappa shape index (κ2) is 9.07. The molecule has 0 atom stereocenters. The smallest absolute Gasteiger partial charge is 0.212 e. The summed E-state index contributed by atoms with van der Waals surface area (Å²) >= 11 is 0. The Balaban J connectivity index is 3.09. The lowest BCUT2D eigenvalue weighted by Crippen LogP contribution is -2.24. The summed E-state index contributed by atoms with van der Waals surface area (Å²) in [5, 5.41) is 2.88. The van der Waals surface area contributed by atoms with Gasteiger partial charge >= 0.3 is 0 Å². The van der Waals surface area contributed by atoms with Crippen molar-refractivity contribution in [1.82, 2.24) is 5.32 Å². The SMILES string of the molecule is CBCC(=O)NCCCCOC(C)C. The summed E-state index contributed by atoms with van der Waals surface area (Å²) in [6, 6.07) is 0. The van der Waals surface area contributed by atoms with Crippen molar-refractivity contribution in [2.24, 2.45) is 0 Å². The molecule has 0 aliphatic carbocycles. The van der Waals surface area contributed by atoms with Crippen molar-refractivity contribution in [2.45, 2.75) is 45.9 Å². The monoisotopic (exact) mass is 199 g/mol. The van der Waals surface area contributed by atoms with Crippen LogP contribution < -0.4 is 5.32 Å². The van der Waals surface area contributed by atoms with Crippen LogP contribution in [0.25, 0.3) is 0 Å². The first-order chi connectivity index (χ1) is 6.66. The van der Waals surface area contributed by atoms with Crippen LogP contribution in [0, 0.1) is 0 Å². The van der Waals surface area contributed by atoms with Gasteiger partial charge in [0.2, 0.25) is 5.91 Å². The molecule has 0 radical (unpaired) electrons. The van der Waals surface area contributed by atoms with Gasteiger partial charge in [-0.25, -0.2) is 0 Å². The third-order valence-corrected chi connectivity index (χ3v) is 1.82. The second-order valence-corrected chi connectivity index (χ2v) is 3.73. The minimum atomic E-state index is 0.164. The van der Waals surface area contributed by atoms with Gasteiger partial charge in [0.1, 0.15) is 7.28 Å². The fourth-order valence-electron chi connectivity index (χ4n) is 1.09. The van der Waals surface area contributed by atoms with Crippen LogP contribution in [-0.4, -0.2) is 32.4 Å². The molecule has 1 N–H and O–H groups in total. The third kappa shape index (κ3) is 9.58. The lowest BCUT2D eigenvalue weighted by molar-refractivity contribution is -0.118. The highest BCUT2D eigenvalue weighted by Gasteiger charge is 1.98. The van der Waals surface area contributed by atoms with E-state index >= 15 is 0 Å². The van der Waals surface area contributed by atoms with Gasteiger partial charge < -0.3 is 10.1 Å². The van der Waals surface area contributed by atoms with E-state index in [4.69, 9.17) is 4.74 Å². The van der Waals surface area contributed by atoms with Crippen LogP contribution in [-0.2, 0) is 9.53 Å². The largest absolute Gasteiger partial charge is 0.379 e. The molecule has 4 heteroatoms. The summed E-state index contributed by atoms with van der Waals surface area (Å²) in [6.07, 6.45) is 2.97. The number of carbonyl (C=O) groups is 1. The molecule has 0 spiro atoms. The molecule has 0 aromatic heterocycles. The quantitative estimate of drug-likeness (QED) is 0.471. The number of carbonyl (C=O) groups excluding carboxylic acids is 1. The van der Waals surface area contributed by atoms with Crippen LogP contribution >= 0.6 is 0 Å². The van der Waals surface area contributed by atoms with Gasteiger partial charge in [-0.2, -0.15) is 0 Å². The molecule has 0 aromatic carbocycles. The predicted octanol–water partition coefficient (Wildman–Crippen LogP) is 1.21. The van der Waals surface area contributed by atoms with Gasteiger partial charge in [0.15, 0.2) is 0 Å². The van der Waals surface area contributed by atoms with Crippen molar-refractivity contribution in [2.75, 3.05) is 13.2 Å². The minimum Gasteiger partial charge on any atom is -0.379 e. The fraction of sp³-hybridized carbons (Fsp3) is 0.900. The molecule has 82 valence electrons. The molecule has 0 fully saturated rings. The molecule has 0 aliphatic heterocycles. The molecule has 0 saturated carbocycles. The third-order valence-electron chi connectivity index (χ3n) is 1.82. The molecule has 1 amide bonds. The van der Waals surface area contributed by atoms with Crippen molar-refractivity contribution in [1.29, 1.82) is 0 Å². The molecule has 0 bridgehead atoms. The van der Waals surface area contributed by atoms with Crippen molar-refractivity contribution < 1.29 is 9.53 Å². The van der Waals surface area contributed by atoms with Crippen LogP contribution in [0.2, 0.25) is 13.1 Å². The molecule has 0 rings (SSSR count). The van der Waals surface area contributed by atoms with Crippen molar-refractivity contribution >= 4 is 13.2 Å². The Labute approximate surface area is 87.8 Å². The molecule has 0 aromatic rings. The summed E-state index contributed by atoms with van der Waals surface area (Å²) < 4.78 is 5.38. The van der Waals surface area contributed by atoms with E-state index < -0.39 is 0 Å². The van der Waals surface area contributed by atoms with Crippen LogP contribution in [0.4, 0.5) is 0 Å². The molecule has 14 heavy (non-hydrogen) atoms. The van der Waals surface area contributed by atoms with Crippen molar-refractivity contribution in [3.63, 3.8) is 0 Å². The lowest BCUT2D eigenvalue weighted by Gasteiger charge is -2.07. The normalized spacial score (nSPS) is 10.3. The topological polar surface area (TPSA) is 38.3 Å². The summed E-state index contributed by atoms with van der Waals surface area (Å²) in [5.74, 6) is 0.164. The van der Waals surface area contributed by atoms with E-state index in [1.54, 1.807) is 0 Å². The highest BCUT2D eigenvalue weighted by Crippen LogP contribution is 1.93. The number of hydrogen-bond acceptors (Lipinski definition) is 2. The highest BCUT2D eigenvalue weighted by atomic mass is 16.5. The van der Waals surface area contributed by atoms with Gasteiger partial charge in [0.05, 0.1) is 6.10 Å². The number of rotatable bonds is 8. The van der Waals surface area contributed by atoms with E-state index in [2.05, 4.69) is 5.32 Å². The zero-order chi connectivity index (χ0) is 10.8. The van der Waals surface area contributed by atoms with Crippen molar-refractivity contribution in [3.8, 4) is 0 Å². The zero-order valence-corrected chi connectivity index (χ0v) is 9.64. The van der Waals surface area contributed by atoms with Gasteiger partial charge in [0, 0.05) is 19.5 Å². The minimum absolute atomic E-state index is 0.164. The van der Waals surface area contributed by atoms with E-state index in [9.17, 15) is 4.79 Å². The Kier molecular flexibility index (Phi) is 8.74. The van der Waals surface area contributed by atoms with Gasteiger partial charge in [-0.1, -0.05) is 6.82 Å². The number of unbranched alkanes of at least 4 members (excludes halogenated alkanes) is 1. The second-order valence-electron chi connectivity index (χ2n) is 3.73. The average Bonchev–Trinajstić information content (AvgIpc) is 2.11. The predicted molar refractivity (Wildman–Crippen MR) is 61.2 cm³/mol. The number of ether oxygens (including phenoxy) is 1. The van der Waals surface area contributed by atoms with Gasteiger partial charge in [-0.15, -0.1) is 0 Å². The van der Waals surface area contributed by atoms with E-state index in [-0.39, 0.29) is 5.91 Å².